The monoisotopic (exact) mass is 390 g/mol. The van der Waals surface area contributed by atoms with Crippen LogP contribution in [-0.4, -0.2) is 5.78 Å². The second kappa shape index (κ2) is 6.69. The van der Waals surface area contributed by atoms with Crippen molar-refractivity contribution in [2.24, 2.45) is 0 Å². The van der Waals surface area contributed by atoms with E-state index in [1.807, 2.05) is 84.9 Å². The van der Waals surface area contributed by atoms with E-state index >= 15 is 0 Å². The number of fused-ring (bicyclic) bond motifs is 1. The SMILES string of the molecule is O=C1/C(=C\c2cccc(Br)c2)C(c2ccccc2)Oc2ccccc21. The summed E-state index contributed by atoms with van der Waals surface area (Å²) < 4.78 is 7.18. The largest absolute Gasteiger partial charge is 0.480 e. The molecular weight excluding hydrogens is 376 g/mol. The van der Waals surface area contributed by atoms with Gasteiger partial charge in [-0.15, -0.1) is 0 Å². The van der Waals surface area contributed by atoms with Gasteiger partial charge in [-0.1, -0.05) is 70.5 Å². The Balaban J connectivity index is 1.87. The van der Waals surface area contributed by atoms with Gasteiger partial charge in [0.15, 0.2) is 11.9 Å². The van der Waals surface area contributed by atoms with Crippen LogP contribution in [0, 0.1) is 0 Å². The Morgan fingerprint density at radius 2 is 1.64 bits per heavy atom. The van der Waals surface area contributed by atoms with Gasteiger partial charge in [-0.3, -0.25) is 4.79 Å². The third kappa shape index (κ3) is 3.15. The standard InChI is InChI=1S/C22H15BrO2/c23-17-10-6-7-15(13-17)14-19-21(24)18-11-4-5-12-20(18)25-22(19)16-8-2-1-3-9-16/h1-14,22H/b19-14+. The molecule has 0 radical (unpaired) electrons. The van der Waals surface area contributed by atoms with Crippen molar-refractivity contribution in [1.29, 1.82) is 0 Å². The summed E-state index contributed by atoms with van der Waals surface area (Å²) in [5.41, 5.74) is 3.17. The lowest BCUT2D eigenvalue weighted by molar-refractivity contribution is 0.0963. The molecule has 0 fully saturated rings. The van der Waals surface area contributed by atoms with Crippen LogP contribution in [0.1, 0.15) is 27.6 Å². The molecule has 4 rings (SSSR count). The van der Waals surface area contributed by atoms with E-state index in [-0.39, 0.29) is 5.78 Å². The Kier molecular flexibility index (Phi) is 4.24. The second-order valence-electron chi connectivity index (χ2n) is 5.89. The Bertz CT molecular complexity index is 961. The maximum absolute atomic E-state index is 13.1. The van der Waals surface area contributed by atoms with E-state index in [2.05, 4.69) is 15.9 Å². The summed E-state index contributed by atoms with van der Waals surface area (Å²) >= 11 is 3.48. The van der Waals surface area contributed by atoms with Gasteiger partial charge in [0.05, 0.1) is 5.56 Å². The topological polar surface area (TPSA) is 26.3 Å². The number of Topliss-reactive ketones (excluding diaryl/α,β-unsaturated/α-hetero) is 1. The van der Waals surface area contributed by atoms with Crippen molar-refractivity contribution in [3.63, 3.8) is 0 Å². The zero-order valence-corrected chi connectivity index (χ0v) is 14.9. The van der Waals surface area contributed by atoms with Crippen LogP contribution >= 0.6 is 15.9 Å². The molecule has 0 saturated heterocycles. The number of carbonyl (C=O) groups excluding carboxylic acids is 1. The molecule has 3 aromatic rings. The highest BCUT2D eigenvalue weighted by Gasteiger charge is 2.32. The predicted octanol–water partition coefficient (Wildman–Crippen LogP) is 5.85. The van der Waals surface area contributed by atoms with Gasteiger partial charge >= 0.3 is 0 Å². The van der Waals surface area contributed by atoms with E-state index in [4.69, 9.17) is 4.74 Å². The molecule has 0 aliphatic carbocycles. The van der Waals surface area contributed by atoms with Crippen molar-refractivity contribution in [1.82, 2.24) is 0 Å². The van der Waals surface area contributed by atoms with Crippen LogP contribution in [0.15, 0.2) is 88.9 Å². The normalized spacial score (nSPS) is 17.9. The highest BCUT2D eigenvalue weighted by atomic mass is 79.9. The first kappa shape index (κ1) is 15.9. The molecule has 0 saturated carbocycles. The number of ether oxygens (including phenoxy) is 1. The lowest BCUT2D eigenvalue weighted by Crippen LogP contribution is -2.23. The highest BCUT2D eigenvalue weighted by Crippen LogP contribution is 2.39. The van der Waals surface area contributed by atoms with Gasteiger partial charge in [-0.25, -0.2) is 0 Å². The number of para-hydroxylation sites is 1. The molecule has 1 unspecified atom stereocenters. The Morgan fingerprint density at radius 3 is 2.44 bits per heavy atom. The van der Waals surface area contributed by atoms with E-state index in [1.165, 1.54) is 0 Å². The van der Waals surface area contributed by atoms with Gasteiger partial charge in [-0.2, -0.15) is 0 Å². The van der Waals surface area contributed by atoms with Gasteiger partial charge in [0.25, 0.3) is 0 Å². The van der Waals surface area contributed by atoms with Crippen molar-refractivity contribution < 1.29 is 9.53 Å². The number of rotatable bonds is 2. The van der Waals surface area contributed by atoms with Crippen molar-refractivity contribution in [2.75, 3.05) is 0 Å². The number of ketones is 1. The number of hydrogen-bond acceptors (Lipinski definition) is 2. The molecule has 1 aliphatic rings. The lowest BCUT2D eigenvalue weighted by atomic mass is 9.89. The molecule has 1 aliphatic heterocycles. The van der Waals surface area contributed by atoms with Gasteiger partial charge in [-0.05, 0) is 41.5 Å². The van der Waals surface area contributed by atoms with Crippen molar-refractivity contribution in [3.8, 4) is 5.75 Å². The van der Waals surface area contributed by atoms with E-state index in [0.717, 1.165) is 15.6 Å². The highest BCUT2D eigenvalue weighted by molar-refractivity contribution is 9.10. The first-order valence-corrected chi connectivity index (χ1v) is 8.84. The lowest BCUT2D eigenvalue weighted by Gasteiger charge is -2.28. The molecule has 3 aromatic carbocycles. The summed E-state index contributed by atoms with van der Waals surface area (Å²) in [6.07, 6.45) is 1.50. The van der Waals surface area contributed by atoms with E-state index in [1.54, 1.807) is 0 Å². The smallest absolute Gasteiger partial charge is 0.196 e. The average Bonchev–Trinajstić information content (AvgIpc) is 2.65. The van der Waals surface area contributed by atoms with Crippen LogP contribution in [0.3, 0.4) is 0 Å². The molecule has 0 aromatic heterocycles. The third-order valence-corrected chi connectivity index (χ3v) is 4.69. The molecular formula is C22H15BrO2. The van der Waals surface area contributed by atoms with Gasteiger partial charge in [0.2, 0.25) is 0 Å². The molecule has 0 amide bonds. The third-order valence-electron chi connectivity index (χ3n) is 4.19. The summed E-state index contributed by atoms with van der Waals surface area (Å²) in [5.74, 6) is 0.642. The average molecular weight is 391 g/mol. The molecule has 1 atom stereocenters. The molecule has 0 bridgehead atoms. The van der Waals surface area contributed by atoms with Crippen molar-refractivity contribution in [2.45, 2.75) is 6.10 Å². The Morgan fingerprint density at radius 1 is 0.880 bits per heavy atom. The molecule has 0 spiro atoms. The first-order valence-electron chi connectivity index (χ1n) is 8.05. The molecule has 3 heteroatoms. The van der Waals surface area contributed by atoms with Crippen LogP contribution in [0.5, 0.6) is 5.75 Å². The zero-order valence-electron chi connectivity index (χ0n) is 13.4. The fourth-order valence-corrected chi connectivity index (χ4v) is 3.43. The van der Waals surface area contributed by atoms with Crippen molar-refractivity contribution in [3.05, 3.63) is 106 Å². The van der Waals surface area contributed by atoms with E-state index in [0.29, 0.717) is 16.9 Å². The van der Waals surface area contributed by atoms with Crippen LogP contribution in [-0.2, 0) is 0 Å². The van der Waals surface area contributed by atoms with E-state index in [9.17, 15) is 4.79 Å². The number of benzene rings is 3. The molecule has 25 heavy (non-hydrogen) atoms. The fourth-order valence-electron chi connectivity index (χ4n) is 3.01. The minimum absolute atomic E-state index is 0.00989. The van der Waals surface area contributed by atoms with Gasteiger partial charge in [0.1, 0.15) is 5.75 Å². The van der Waals surface area contributed by atoms with Crippen LogP contribution in [0.25, 0.3) is 6.08 Å². The van der Waals surface area contributed by atoms with Gasteiger partial charge in [0, 0.05) is 10.0 Å². The Labute approximate surface area is 154 Å². The minimum Gasteiger partial charge on any atom is -0.480 e. The van der Waals surface area contributed by atoms with Gasteiger partial charge < -0.3 is 4.74 Å². The summed E-state index contributed by atoms with van der Waals surface area (Å²) in [4.78, 5) is 13.1. The fraction of sp³-hybridized carbons (Fsp3) is 0.0455. The molecule has 2 nitrogen and oxygen atoms in total. The maximum Gasteiger partial charge on any atom is 0.196 e. The summed E-state index contributed by atoms with van der Waals surface area (Å²) in [7, 11) is 0. The van der Waals surface area contributed by atoms with Crippen LogP contribution in [0.2, 0.25) is 0 Å². The summed E-state index contributed by atoms with van der Waals surface area (Å²) in [6, 6.07) is 25.1. The zero-order chi connectivity index (χ0) is 17.2. The molecule has 122 valence electrons. The summed E-state index contributed by atoms with van der Waals surface area (Å²) in [5, 5.41) is 0. The number of halogens is 1. The number of hydrogen-bond donors (Lipinski definition) is 0. The van der Waals surface area contributed by atoms with Crippen molar-refractivity contribution >= 4 is 27.8 Å². The molecule has 1 heterocycles. The maximum atomic E-state index is 13.1. The number of carbonyl (C=O) groups is 1. The van der Waals surface area contributed by atoms with E-state index < -0.39 is 6.10 Å². The first-order chi connectivity index (χ1) is 12.2. The quantitative estimate of drug-likeness (QED) is 0.513. The summed E-state index contributed by atoms with van der Waals surface area (Å²) in [6.45, 7) is 0. The minimum atomic E-state index is -0.414. The van der Waals surface area contributed by atoms with Crippen LogP contribution in [0.4, 0.5) is 0 Å². The van der Waals surface area contributed by atoms with Crippen LogP contribution < -0.4 is 4.74 Å². The Hall–Kier alpha value is -2.65. The molecule has 0 N–H and O–H groups in total. The predicted molar refractivity (Wildman–Crippen MR) is 103 cm³/mol. The second-order valence-corrected chi connectivity index (χ2v) is 6.80.